The van der Waals surface area contributed by atoms with Crippen LogP contribution in [0.3, 0.4) is 0 Å². The summed E-state index contributed by atoms with van der Waals surface area (Å²) in [5, 5.41) is 2.83. The molecule has 1 amide bonds. The lowest BCUT2D eigenvalue weighted by atomic mass is 10.2. The van der Waals surface area contributed by atoms with E-state index in [0.717, 1.165) is 21.4 Å². The zero-order valence-corrected chi connectivity index (χ0v) is 16.3. The SMILES string of the molecule is COc1cc(C=CC(=O)Nc2ccc(N(C)C)cc2)cc(Br)c1OC. The van der Waals surface area contributed by atoms with E-state index in [9.17, 15) is 4.79 Å². The van der Waals surface area contributed by atoms with Crippen LogP contribution in [0.15, 0.2) is 46.9 Å². The lowest BCUT2D eigenvalue weighted by Crippen LogP contribution is -2.10. The summed E-state index contributed by atoms with van der Waals surface area (Å²) < 4.78 is 11.3. The molecule has 1 N–H and O–H groups in total. The number of methoxy groups -OCH3 is 2. The Bertz CT molecular complexity index is 771. The minimum atomic E-state index is -0.205. The van der Waals surface area contributed by atoms with Crippen LogP contribution < -0.4 is 19.7 Å². The molecule has 2 rings (SSSR count). The molecule has 0 saturated carbocycles. The lowest BCUT2D eigenvalue weighted by Gasteiger charge is -2.12. The van der Waals surface area contributed by atoms with Crippen LogP contribution in [0, 0.1) is 0 Å². The molecule has 0 aliphatic rings. The molecular formula is C19H21BrN2O3. The lowest BCUT2D eigenvalue weighted by molar-refractivity contribution is -0.111. The highest BCUT2D eigenvalue weighted by Gasteiger charge is 2.09. The van der Waals surface area contributed by atoms with Crippen molar-refractivity contribution in [1.29, 1.82) is 0 Å². The Kier molecular flexibility index (Phi) is 6.47. The molecule has 0 bridgehead atoms. The van der Waals surface area contributed by atoms with Gasteiger partial charge >= 0.3 is 0 Å². The Morgan fingerprint density at radius 3 is 2.36 bits per heavy atom. The summed E-state index contributed by atoms with van der Waals surface area (Å²) in [6.45, 7) is 0. The zero-order valence-electron chi connectivity index (χ0n) is 14.7. The van der Waals surface area contributed by atoms with E-state index < -0.39 is 0 Å². The summed E-state index contributed by atoms with van der Waals surface area (Å²) in [6, 6.07) is 11.3. The molecule has 0 aliphatic carbocycles. The standard InChI is InChI=1S/C19H21BrN2O3/c1-22(2)15-8-6-14(7-9-15)21-18(23)10-5-13-11-16(20)19(25-4)17(12-13)24-3/h5-12H,1-4H3,(H,21,23). The topological polar surface area (TPSA) is 50.8 Å². The molecule has 2 aromatic rings. The normalized spacial score (nSPS) is 10.6. The first-order valence-corrected chi connectivity index (χ1v) is 8.42. The van der Waals surface area contributed by atoms with Crippen LogP contribution in [0.2, 0.25) is 0 Å². The van der Waals surface area contributed by atoms with Gasteiger partial charge in [0.1, 0.15) is 0 Å². The highest BCUT2D eigenvalue weighted by Crippen LogP contribution is 2.36. The number of carbonyl (C=O) groups excluding carboxylic acids is 1. The number of hydrogen-bond acceptors (Lipinski definition) is 4. The minimum Gasteiger partial charge on any atom is -0.493 e. The van der Waals surface area contributed by atoms with Gasteiger partial charge in [0.15, 0.2) is 11.5 Å². The number of rotatable bonds is 6. The molecule has 132 valence electrons. The summed E-state index contributed by atoms with van der Waals surface area (Å²) in [7, 11) is 7.09. The van der Waals surface area contributed by atoms with Crippen molar-refractivity contribution in [3.63, 3.8) is 0 Å². The molecule has 6 heteroatoms. The van der Waals surface area contributed by atoms with Gasteiger partial charge < -0.3 is 19.7 Å². The fraction of sp³-hybridized carbons (Fsp3) is 0.211. The van der Waals surface area contributed by atoms with Gasteiger partial charge in [-0.15, -0.1) is 0 Å². The largest absolute Gasteiger partial charge is 0.493 e. The van der Waals surface area contributed by atoms with Gasteiger partial charge in [-0.2, -0.15) is 0 Å². The molecular weight excluding hydrogens is 384 g/mol. The number of hydrogen-bond donors (Lipinski definition) is 1. The third-order valence-corrected chi connectivity index (χ3v) is 4.12. The molecule has 5 nitrogen and oxygen atoms in total. The molecule has 25 heavy (non-hydrogen) atoms. The van der Waals surface area contributed by atoms with Crippen LogP contribution in [-0.2, 0) is 4.79 Å². The van der Waals surface area contributed by atoms with Crippen molar-refractivity contribution in [1.82, 2.24) is 0 Å². The first-order valence-electron chi connectivity index (χ1n) is 7.62. The third-order valence-electron chi connectivity index (χ3n) is 3.53. The molecule has 0 saturated heterocycles. The van der Waals surface area contributed by atoms with Crippen LogP contribution in [0.5, 0.6) is 11.5 Å². The number of anilines is 2. The third kappa shape index (κ3) is 5.00. The molecule has 0 spiro atoms. The first-order chi connectivity index (χ1) is 11.9. The van der Waals surface area contributed by atoms with Gasteiger partial charge in [0.25, 0.3) is 0 Å². The summed E-state index contributed by atoms with van der Waals surface area (Å²) >= 11 is 3.43. The number of carbonyl (C=O) groups is 1. The van der Waals surface area contributed by atoms with Crippen LogP contribution in [0.4, 0.5) is 11.4 Å². The maximum absolute atomic E-state index is 12.1. The highest BCUT2D eigenvalue weighted by molar-refractivity contribution is 9.10. The molecule has 0 radical (unpaired) electrons. The second-order valence-corrected chi connectivity index (χ2v) is 6.36. The quantitative estimate of drug-likeness (QED) is 0.733. The first kappa shape index (κ1) is 18.9. The van der Waals surface area contributed by atoms with E-state index in [2.05, 4.69) is 21.2 Å². The van der Waals surface area contributed by atoms with Gasteiger partial charge in [-0.25, -0.2) is 0 Å². The second kappa shape index (κ2) is 8.58. The Morgan fingerprint density at radius 1 is 1.12 bits per heavy atom. The Labute approximate surface area is 156 Å². The molecule has 0 atom stereocenters. The average Bonchev–Trinajstić information content (AvgIpc) is 2.59. The smallest absolute Gasteiger partial charge is 0.248 e. The van der Waals surface area contributed by atoms with Gasteiger partial charge in [0.2, 0.25) is 5.91 Å². The van der Waals surface area contributed by atoms with Gasteiger partial charge in [0.05, 0.1) is 18.7 Å². The van der Waals surface area contributed by atoms with Crippen LogP contribution in [0.1, 0.15) is 5.56 Å². The van der Waals surface area contributed by atoms with Crippen molar-refractivity contribution in [2.45, 2.75) is 0 Å². The Balaban J connectivity index is 2.08. The van der Waals surface area contributed by atoms with E-state index in [-0.39, 0.29) is 5.91 Å². The second-order valence-electron chi connectivity index (χ2n) is 5.50. The van der Waals surface area contributed by atoms with Crippen molar-refractivity contribution >= 4 is 39.3 Å². The molecule has 0 fully saturated rings. The van der Waals surface area contributed by atoms with Gasteiger partial charge in [0, 0.05) is 31.5 Å². The monoisotopic (exact) mass is 404 g/mol. The van der Waals surface area contributed by atoms with Crippen molar-refractivity contribution in [3.8, 4) is 11.5 Å². The van der Waals surface area contributed by atoms with Gasteiger partial charge in [-0.1, -0.05) is 0 Å². The summed E-state index contributed by atoms with van der Waals surface area (Å²) in [6.07, 6.45) is 3.20. The number of ether oxygens (including phenoxy) is 2. The van der Waals surface area contributed by atoms with E-state index >= 15 is 0 Å². The fourth-order valence-corrected chi connectivity index (χ4v) is 2.85. The van der Waals surface area contributed by atoms with E-state index in [4.69, 9.17) is 9.47 Å². The van der Waals surface area contributed by atoms with Crippen molar-refractivity contribution in [3.05, 3.63) is 52.5 Å². The molecule has 0 aromatic heterocycles. The van der Waals surface area contributed by atoms with Crippen molar-refractivity contribution in [2.75, 3.05) is 38.5 Å². The van der Waals surface area contributed by atoms with Crippen LogP contribution in [0.25, 0.3) is 6.08 Å². The molecule has 2 aromatic carbocycles. The number of nitrogens with zero attached hydrogens (tertiary/aromatic N) is 1. The predicted octanol–water partition coefficient (Wildman–Crippen LogP) is 4.18. The van der Waals surface area contributed by atoms with Crippen molar-refractivity contribution in [2.24, 2.45) is 0 Å². The molecule has 0 unspecified atom stereocenters. The van der Waals surface area contributed by atoms with E-state index in [1.165, 1.54) is 6.08 Å². The number of benzene rings is 2. The average molecular weight is 405 g/mol. The number of nitrogens with one attached hydrogen (secondary N) is 1. The van der Waals surface area contributed by atoms with E-state index in [1.807, 2.05) is 49.3 Å². The van der Waals surface area contributed by atoms with E-state index in [1.54, 1.807) is 26.4 Å². The van der Waals surface area contributed by atoms with Gasteiger partial charge in [-0.3, -0.25) is 4.79 Å². The van der Waals surface area contributed by atoms with Crippen LogP contribution in [-0.4, -0.2) is 34.2 Å². The summed E-state index contributed by atoms with van der Waals surface area (Å²) in [5.74, 6) is 1.00. The maximum atomic E-state index is 12.1. The van der Waals surface area contributed by atoms with E-state index in [0.29, 0.717) is 11.5 Å². The van der Waals surface area contributed by atoms with Crippen molar-refractivity contribution < 1.29 is 14.3 Å². The highest BCUT2D eigenvalue weighted by atomic mass is 79.9. The maximum Gasteiger partial charge on any atom is 0.248 e. The zero-order chi connectivity index (χ0) is 18.4. The van der Waals surface area contributed by atoms with Gasteiger partial charge in [-0.05, 0) is 64.0 Å². The summed E-state index contributed by atoms with van der Waals surface area (Å²) in [4.78, 5) is 14.1. The minimum absolute atomic E-state index is 0.205. The number of halogens is 1. The van der Waals surface area contributed by atoms with Crippen LogP contribution >= 0.6 is 15.9 Å². The predicted molar refractivity (Wildman–Crippen MR) is 106 cm³/mol. The fourth-order valence-electron chi connectivity index (χ4n) is 2.23. The summed E-state index contributed by atoms with van der Waals surface area (Å²) in [5.41, 5.74) is 2.64. The molecule has 0 aliphatic heterocycles. The Morgan fingerprint density at radius 2 is 1.80 bits per heavy atom. The Hall–Kier alpha value is -2.47. The molecule has 0 heterocycles. The number of amides is 1.